The molecule has 2 amide bonds. The van der Waals surface area contributed by atoms with Crippen LogP contribution < -0.4 is 15.6 Å². The smallest absolute Gasteiger partial charge is 0.282 e. The molecule has 0 saturated carbocycles. The summed E-state index contributed by atoms with van der Waals surface area (Å²) in [4.78, 5) is 43.7. The van der Waals surface area contributed by atoms with Gasteiger partial charge in [0.2, 0.25) is 0 Å². The Kier molecular flexibility index (Phi) is 5.77. The average molecular weight is 360 g/mol. The number of ether oxygens (including phenoxy) is 1. The molecule has 0 aliphatic rings. The van der Waals surface area contributed by atoms with Crippen molar-refractivity contribution in [3.05, 3.63) is 74.3 Å². The summed E-state index contributed by atoms with van der Waals surface area (Å²) in [7, 11) is 0. The minimum Gasteiger partial charge on any atom is -0.484 e. The van der Waals surface area contributed by atoms with Crippen molar-refractivity contribution in [2.24, 2.45) is 0 Å². The van der Waals surface area contributed by atoms with Crippen LogP contribution in [0.4, 0.5) is 11.4 Å². The number of amides is 2. The number of nitro groups is 2. The van der Waals surface area contributed by atoms with Crippen molar-refractivity contribution in [2.75, 3.05) is 6.61 Å². The number of hydrogen-bond acceptors (Lipinski definition) is 7. The van der Waals surface area contributed by atoms with E-state index < -0.39 is 34.0 Å². The zero-order valence-corrected chi connectivity index (χ0v) is 13.1. The summed E-state index contributed by atoms with van der Waals surface area (Å²) in [5.74, 6) is -1.37. The van der Waals surface area contributed by atoms with Gasteiger partial charge in [-0.3, -0.25) is 40.7 Å². The van der Waals surface area contributed by atoms with Crippen LogP contribution in [0.3, 0.4) is 0 Å². The third kappa shape index (κ3) is 4.74. The second kappa shape index (κ2) is 8.19. The zero-order chi connectivity index (χ0) is 19.1. The highest BCUT2D eigenvalue weighted by molar-refractivity contribution is 5.99. The van der Waals surface area contributed by atoms with E-state index in [1.54, 1.807) is 0 Å². The molecule has 0 bridgehead atoms. The van der Waals surface area contributed by atoms with E-state index in [9.17, 15) is 29.8 Å². The molecular weight excluding hydrogens is 348 g/mol. The number of carbonyl (C=O) groups is 2. The molecule has 0 saturated heterocycles. The summed E-state index contributed by atoms with van der Waals surface area (Å²) in [5, 5.41) is 21.4. The van der Waals surface area contributed by atoms with Crippen LogP contribution in [-0.2, 0) is 4.79 Å². The van der Waals surface area contributed by atoms with Crippen molar-refractivity contribution in [1.82, 2.24) is 10.9 Å². The molecule has 2 aromatic rings. The fourth-order valence-electron chi connectivity index (χ4n) is 1.87. The number of hydrazine groups is 1. The molecule has 0 aliphatic carbocycles. The highest BCUT2D eigenvalue weighted by Crippen LogP contribution is 2.18. The second-order valence-electron chi connectivity index (χ2n) is 4.82. The molecule has 0 aliphatic heterocycles. The molecule has 2 N–H and O–H groups in total. The Balaban J connectivity index is 1.86. The van der Waals surface area contributed by atoms with Gasteiger partial charge in [0.25, 0.3) is 23.2 Å². The largest absolute Gasteiger partial charge is 0.484 e. The van der Waals surface area contributed by atoms with Crippen molar-refractivity contribution in [2.45, 2.75) is 0 Å². The molecule has 0 fully saturated rings. The number of non-ortho nitro benzene ring substituents is 1. The Bertz CT molecular complexity index is 851. The molecule has 134 valence electrons. The number of para-hydroxylation sites is 1. The fourth-order valence-corrected chi connectivity index (χ4v) is 1.87. The number of nitrogens with one attached hydrogen (secondary N) is 2. The molecule has 0 aromatic heterocycles. The van der Waals surface area contributed by atoms with Gasteiger partial charge >= 0.3 is 0 Å². The van der Waals surface area contributed by atoms with Gasteiger partial charge in [0, 0.05) is 18.2 Å². The van der Waals surface area contributed by atoms with E-state index in [4.69, 9.17) is 4.74 Å². The summed E-state index contributed by atoms with van der Waals surface area (Å²) in [6.45, 7) is -0.477. The average Bonchev–Trinajstić information content (AvgIpc) is 2.64. The van der Waals surface area contributed by atoms with Crippen LogP contribution in [0.5, 0.6) is 5.75 Å². The molecule has 26 heavy (non-hydrogen) atoms. The van der Waals surface area contributed by atoms with Crippen LogP contribution in [0.25, 0.3) is 0 Å². The highest BCUT2D eigenvalue weighted by Gasteiger charge is 2.19. The van der Waals surface area contributed by atoms with Gasteiger partial charge in [-0.2, -0.15) is 0 Å². The number of nitrogens with zero attached hydrogens (tertiary/aromatic N) is 2. The Morgan fingerprint density at radius 1 is 0.923 bits per heavy atom. The SMILES string of the molecule is O=C(COc1ccc([N+](=O)[O-])cc1)NNC(=O)c1ccccc1[N+](=O)[O-]. The van der Waals surface area contributed by atoms with Gasteiger partial charge in [0.15, 0.2) is 6.61 Å². The Morgan fingerprint density at radius 2 is 1.58 bits per heavy atom. The topological polar surface area (TPSA) is 154 Å². The molecule has 0 spiro atoms. The van der Waals surface area contributed by atoms with Gasteiger partial charge < -0.3 is 4.74 Å². The first-order valence-electron chi connectivity index (χ1n) is 7.08. The van der Waals surface area contributed by atoms with Crippen molar-refractivity contribution in [1.29, 1.82) is 0 Å². The third-order valence-electron chi connectivity index (χ3n) is 3.08. The second-order valence-corrected chi connectivity index (χ2v) is 4.82. The van der Waals surface area contributed by atoms with Crippen molar-refractivity contribution in [3.63, 3.8) is 0 Å². The normalized spacial score (nSPS) is 9.85. The van der Waals surface area contributed by atoms with E-state index in [-0.39, 0.29) is 17.0 Å². The molecule has 11 nitrogen and oxygen atoms in total. The first kappa shape index (κ1) is 18.3. The molecule has 0 heterocycles. The van der Waals surface area contributed by atoms with Crippen LogP contribution in [0, 0.1) is 20.2 Å². The zero-order valence-electron chi connectivity index (χ0n) is 13.1. The first-order valence-corrected chi connectivity index (χ1v) is 7.08. The monoisotopic (exact) mass is 360 g/mol. The van der Waals surface area contributed by atoms with Gasteiger partial charge in [0.1, 0.15) is 11.3 Å². The summed E-state index contributed by atoms with van der Waals surface area (Å²) in [6.07, 6.45) is 0. The lowest BCUT2D eigenvalue weighted by Crippen LogP contribution is -2.44. The minimum atomic E-state index is -0.860. The number of hydrogen-bond donors (Lipinski definition) is 2. The molecule has 2 aromatic carbocycles. The van der Waals surface area contributed by atoms with Crippen LogP contribution in [0.15, 0.2) is 48.5 Å². The van der Waals surface area contributed by atoms with Gasteiger partial charge in [-0.15, -0.1) is 0 Å². The maximum Gasteiger partial charge on any atom is 0.282 e. The van der Waals surface area contributed by atoms with E-state index in [1.165, 1.54) is 42.5 Å². The number of rotatable bonds is 6. The summed E-state index contributed by atoms with van der Waals surface area (Å²) in [5.41, 5.74) is 3.35. The number of carbonyl (C=O) groups excluding carboxylic acids is 2. The number of nitro benzene ring substituents is 2. The minimum absolute atomic E-state index is 0.126. The predicted octanol–water partition coefficient (Wildman–Crippen LogP) is 1.34. The lowest BCUT2D eigenvalue weighted by molar-refractivity contribution is -0.385. The highest BCUT2D eigenvalue weighted by atomic mass is 16.6. The van der Waals surface area contributed by atoms with E-state index in [0.29, 0.717) is 0 Å². The van der Waals surface area contributed by atoms with Crippen molar-refractivity contribution in [3.8, 4) is 5.75 Å². The standard InChI is InChI=1S/C15H12N4O7/c20-14(9-26-11-7-5-10(6-8-11)18(22)23)16-17-15(21)12-3-1-2-4-13(12)19(24)25/h1-8H,9H2,(H,16,20)(H,17,21). The maximum atomic E-state index is 11.9. The van der Waals surface area contributed by atoms with Crippen LogP contribution in [0.2, 0.25) is 0 Å². The molecule has 11 heteroatoms. The fraction of sp³-hybridized carbons (Fsp3) is 0.0667. The summed E-state index contributed by atoms with van der Waals surface area (Å²) < 4.78 is 5.11. The Hall–Kier alpha value is -4.02. The van der Waals surface area contributed by atoms with Gasteiger partial charge in [-0.05, 0) is 18.2 Å². The summed E-state index contributed by atoms with van der Waals surface area (Å²) in [6, 6.07) is 10.3. The van der Waals surface area contributed by atoms with Gasteiger partial charge in [-0.1, -0.05) is 12.1 Å². The molecule has 0 atom stereocenters. The van der Waals surface area contributed by atoms with E-state index >= 15 is 0 Å². The predicted molar refractivity (Wildman–Crippen MR) is 87.3 cm³/mol. The van der Waals surface area contributed by atoms with E-state index in [2.05, 4.69) is 5.43 Å². The summed E-state index contributed by atoms with van der Waals surface area (Å²) >= 11 is 0. The quantitative estimate of drug-likeness (QED) is 0.582. The van der Waals surface area contributed by atoms with Crippen LogP contribution >= 0.6 is 0 Å². The first-order chi connectivity index (χ1) is 12.4. The lowest BCUT2D eigenvalue weighted by atomic mass is 10.2. The Labute approximate surface area is 145 Å². The molecule has 2 rings (SSSR count). The van der Waals surface area contributed by atoms with Crippen LogP contribution in [0.1, 0.15) is 10.4 Å². The Morgan fingerprint density at radius 3 is 2.19 bits per heavy atom. The number of benzene rings is 2. The van der Waals surface area contributed by atoms with Gasteiger partial charge in [-0.25, -0.2) is 0 Å². The molecule has 0 unspecified atom stereocenters. The molecule has 0 radical (unpaired) electrons. The molecular formula is C15H12N4O7. The van der Waals surface area contributed by atoms with Crippen molar-refractivity contribution >= 4 is 23.2 Å². The third-order valence-corrected chi connectivity index (χ3v) is 3.08. The van der Waals surface area contributed by atoms with E-state index in [0.717, 1.165) is 6.07 Å². The van der Waals surface area contributed by atoms with Gasteiger partial charge in [0.05, 0.1) is 9.85 Å². The van der Waals surface area contributed by atoms with E-state index in [1.807, 2.05) is 5.43 Å². The maximum absolute atomic E-state index is 11.9. The lowest BCUT2D eigenvalue weighted by Gasteiger charge is -2.09. The van der Waals surface area contributed by atoms with Crippen molar-refractivity contribution < 1.29 is 24.2 Å². The van der Waals surface area contributed by atoms with Crippen LogP contribution in [-0.4, -0.2) is 28.3 Å².